The first-order chi connectivity index (χ1) is 9.49. The molecule has 0 atom stereocenters. The summed E-state index contributed by atoms with van der Waals surface area (Å²) in [6.45, 7) is 8.11. The topological polar surface area (TPSA) is 30.5 Å². The predicted molar refractivity (Wildman–Crippen MR) is 82.4 cm³/mol. The van der Waals surface area contributed by atoms with Gasteiger partial charge in [-0.05, 0) is 45.6 Å². The zero-order valence-corrected chi connectivity index (χ0v) is 13.2. The highest BCUT2D eigenvalue weighted by molar-refractivity contribution is 5.46. The molecule has 0 heterocycles. The molecule has 1 aliphatic rings. The molecule has 112 valence electrons. The first kappa shape index (κ1) is 15.2. The van der Waals surface area contributed by atoms with Gasteiger partial charge in [0.15, 0.2) is 11.5 Å². The number of hydrogen-bond acceptors (Lipinski definition) is 3. The second kappa shape index (κ2) is 6.49. The standard InChI is InChI=1S/C17H27NO2/c1-17(2,3)18-11-14-9-6-10-15(19-4)16(14)20-12-13-7-5-8-13/h6,9-10,13,18H,5,7-8,11-12H2,1-4H3. The van der Waals surface area contributed by atoms with Crippen molar-refractivity contribution in [3.63, 3.8) is 0 Å². The van der Waals surface area contributed by atoms with Crippen LogP contribution in [0.2, 0.25) is 0 Å². The number of methoxy groups -OCH3 is 1. The van der Waals surface area contributed by atoms with Crippen molar-refractivity contribution in [2.45, 2.75) is 52.1 Å². The molecule has 1 aromatic rings. The third kappa shape index (κ3) is 4.14. The largest absolute Gasteiger partial charge is 0.493 e. The van der Waals surface area contributed by atoms with Crippen LogP contribution in [0.4, 0.5) is 0 Å². The van der Waals surface area contributed by atoms with Gasteiger partial charge in [0.2, 0.25) is 0 Å². The van der Waals surface area contributed by atoms with Crippen molar-refractivity contribution < 1.29 is 9.47 Å². The summed E-state index contributed by atoms with van der Waals surface area (Å²) >= 11 is 0. The fourth-order valence-corrected chi connectivity index (χ4v) is 2.25. The van der Waals surface area contributed by atoms with E-state index >= 15 is 0 Å². The Balaban J connectivity index is 2.07. The average Bonchev–Trinajstić information content (AvgIpc) is 2.34. The highest BCUT2D eigenvalue weighted by Crippen LogP contribution is 2.34. The Morgan fingerprint density at radius 2 is 2.00 bits per heavy atom. The van der Waals surface area contributed by atoms with Gasteiger partial charge in [-0.25, -0.2) is 0 Å². The van der Waals surface area contributed by atoms with Gasteiger partial charge in [-0.1, -0.05) is 18.6 Å². The zero-order valence-electron chi connectivity index (χ0n) is 13.2. The van der Waals surface area contributed by atoms with E-state index in [9.17, 15) is 0 Å². The number of para-hydroxylation sites is 1. The predicted octanol–water partition coefficient (Wildman–Crippen LogP) is 3.76. The van der Waals surface area contributed by atoms with E-state index in [1.165, 1.54) is 24.8 Å². The number of rotatable bonds is 6. The molecule has 2 rings (SSSR count). The van der Waals surface area contributed by atoms with Crippen molar-refractivity contribution in [1.82, 2.24) is 5.32 Å². The van der Waals surface area contributed by atoms with E-state index in [1.807, 2.05) is 12.1 Å². The number of ether oxygens (including phenoxy) is 2. The van der Waals surface area contributed by atoms with E-state index in [2.05, 4.69) is 32.2 Å². The molecule has 1 aliphatic carbocycles. The molecular weight excluding hydrogens is 250 g/mol. The first-order valence-electron chi connectivity index (χ1n) is 7.53. The molecule has 3 heteroatoms. The average molecular weight is 277 g/mol. The maximum atomic E-state index is 6.06. The van der Waals surface area contributed by atoms with E-state index in [4.69, 9.17) is 9.47 Å². The Hall–Kier alpha value is -1.22. The molecule has 0 amide bonds. The minimum Gasteiger partial charge on any atom is -0.493 e. The molecule has 0 bridgehead atoms. The second-order valence-corrected chi connectivity index (χ2v) is 6.66. The number of benzene rings is 1. The third-order valence-electron chi connectivity index (χ3n) is 3.78. The Bertz CT molecular complexity index is 433. The van der Waals surface area contributed by atoms with Gasteiger partial charge in [-0.15, -0.1) is 0 Å². The lowest BCUT2D eigenvalue weighted by Crippen LogP contribution is -2.35. The van der Waals surface area contributed by atoms with E-state index in [0.717, 1.165) is 30.6 Å². The molecule has 1 aromatic carbocycles. The van der Waals surface area contributed by atoms with Gasteiger partial charge in [-0.3, -0.25) is 0 Å². The lowest BCUT2D eigenvalue weighted by Gasteiger charge is -2.27. The molecule has 0 saturated heterocycles. The van der Waals surface area contributed by atoms with Crippen LogP contribution in [0, 0.1) is 5.92 Å². The van der Waals surface area contributed by atoms with Crippen LogP contribution in [0.3, 0.4) is 0 Å². The molecule has 0 unspecified atom stereocenters. The van der Waals surface area contributed by atoms with Crippen LogP contribution < -0.4 is 14.8 Å². The van der Waals surface area contributed by atoms with E-state index < -0.39 is 0 Å². The van der Waals surface area contributed by atoms with Crippen LogP contribution in [0.15, 0.2) is 18.2 Å². The Labute approximate surface area is 122 Å². The summed E-state index contributed by atoms with van der Waals surface area (Å²) < 4.78 is 11.5. The summed E-state index contributed by atoms with van der Waals surface area (Å²) in [5.74, 6) is 2.46. The second-order valence-electron chi connectivity index (χ2n) is 6.66. The number of nitrogens with one attached hydrogen (secondary N) is 1. The van der Waals surface area contributed by atoms with Crippen LogP contribution in [-0.4, -0.2) is 19.3 Å². The van der Waals surface area contributed by atoms with Crippen LogP contribution in [0.5, 0.6) is 11.5 Å². The van der Waals surface area contributed by atoms with Crippen molar-refractivity contribution >= 4 is 0 Å². The van der Waals surface area contributed by atoms with Crippen molar-refractivity contribution in [1.29, 1.82) is 0 Å². The lowest BCUT2D eigenvalue weighted by molar-refractivity contribution is 0.174. The maximum Gasteiger partial charge on any atom is 0.165 e. The molecule has 0 spiro atoms. The van der Waals surface area contributed by atoms with Crippen LogP contribution in [0.1, 0.15) is 45.6 Å². The Kier molecular flexibility index (Phi) is 4.92. The minimum absolute atomic E-state index is 0.0916. The monoisotopic (exact) mass is 277 g/mol. The molecule has 20 heavy (non-hydrogen) atoms. The number of hydrogen-bond donors (Lipinski definition) is 1. The van der Waals surface area contributed by atoms with Crippen molar-refractivity contribution in [2.75, 3.05) is 13.7 Å². The van der Waals surface area contributed by atoms with Crippen LogP contribution in [-0.2, 0) is 6.54 Å². The molecule has 1 fully saturated rings. The summed E-state index contributed by atoms with van der Waals surface area (Å²) in [4.78, 5) is 0. The molecule has 3 nitrogen and oxygen atoms in total. The highest BCUT2D eigenvalue weighted by atomic mass is 16.5. The molecule has 0 radical (unpaired) electrons. The summed E-state index contributed by atoms with van der Waals surface area (Å²) in [5, 5.41) is 3.51. The van der Waals surface area contributed by atoms with Gasteiger partial charge >= 0.3 is 0 Å². The highest BCUT2D eigenvalue weighted by Gasteiger charge is 2.20. The molecule has 1 N–H and O–H groups in total. The van der Waals surface area contributed by atoms with E-state index in [1.54, 1.807) is 7.11 Å². The summed E-state index contributed by atoms with van der Waals surface area (Å²) in [6, 6.07) is 6.10. The third-order valence-corrected chi connectivity index (χ3v) is 3.78. The molecule has 0 aliphatic heterocycles. The lowest BCUT2D eigenvalue weighted by atomic mass is 9.86. The van der Waals surface area contributed by atoms with Crippen molar-refractivity contribution in [3.05, 3.63) is 23.8 Å². The van der Waals surface area contributed by atoms with Crippen molar-refractivity contribution in [2.24, 2.45) is 5.92 Å². The van der Waals surface area contributed by atoms with Gasteiger partial charge in [-0.2, -0.15) is 0 Å². The first-order valence-corrected chi connectivity index (χ1v) is 7.53. The Morgan fingerprint density at radius 3 is 2.55 bits per heavy atom. The van der Waals surface area contributed by atoms with Gasteiger partial charge in [0.25, 0.3) is 0 Å². The van der Waals surface area contributed by atoms with Gasteiger partial charge < -0.3 is 14.8 Å². The summed E-state index contributed by atoms with van der Waals surface area (Å²) in [5.41, 5.74) is 1.26. The van der Waals surface area contributed by atoms with Crippen molar-refractivity contribution in [3.8, 4) is 11.5 Å². The van der Waals surface area contributed by atoms with Gasteiger partial charge in [0.05, 0.1) is 13.7 Å². The maximum absolute atomic E-state index is 6.06. The smallest absolute Gasteiger partial charge is 0.165 e. The van der Waals surface area contributed by atoms with Crippen LogP contribution in [0.25, 0.3) is 0 Å². The molecule has 1 saturated carbocycles. The molecule has 0 aromatic heterocycles. The van der Waals surface area contributed by atoms with Crippen LogP contribution >= 0.6 is 0 Å². The molecular formula is C17H27NO2. The van der Waals surface area contributed by atoms with E-state index in [-0.39, 0.29) is 5.54 Å². The fourth-order valence-electron chi connectivity index (χ4n) is 2.25. The summed E-state index contributed by atoms with van der Waals surface area (Å²) in [6.07, 6.45) is 3.94. The van der Waals surface area contributed by atoms with E-state index in [0.29, 0.717) is 0 Å². The SMILES string of the molecule is COc1cccc(CNC(C)(C)C)c1OCC1CCC1. The summed E-state index contributed by atoms with van der Waals surface area (Å²) in [7, 11) is 1.70. The zero-order chi connectivity index (χ0) is 14.6. The minimum atomic E-state index is 0.0916. The van der Waals surface area contributed by atoms with Gasteiger partial charge in [0, 0.05) is 17.6 Å². The quantitative estimate of drug-likeness (QED) is 0.858. The normalized spacial score (nSPS) is 15.8. The Morgan fingerprint density at radius 1 is 1.25 bits per heavy atom. The fraction of sp³-hybridized carbons (Fsp3) is 0.647. The van der Waals surface area contributed by atoms with Gasteiger partial charge in [0.1, 0.15) is 0 Å².